The van der Waals surface area contributed by atoms with Gasteiger partial charge in [-0.1, -0.05) is 11.6 Å². The van der Waals surface area contributed by atoms with Gasteiger partial charge >= 0.3 is 0 Å². The lowest BCUT2D eigenvalue weighted by molar-refractivity contribution is 0.0811. The first-order chi connectivity index (χ1) is 6.96. The molecule has 80 valence electrons. The average molecular weight is 225 g/mol. The normalized spacial score (nSPS) is 12.3. The first-order valence-electron chi connectivity index (χ1n) is 4.84. The highest BCUT2D eigenvalue weighted by molar-refractivity contribution is 6.31. The molecule has 0 fully saturated rings. The second kappa shape index (κ2) is 3.54. The molecule has 15 heavy (non-hydrogen) atoms. The molecular weight excluding hydrogens is 212 g/mol. The number of hydrogen-bond donors (Lipinski definition) is 1. The van der Waals surface area contributed by atoms with Gasteiger partial charge in [0.25, 0.3) is 0 Å². The lowest BCUT2D eigenvalue weighted by Gasteiger charge is -2.15. The Morgan fingerprint density at radius 2 is 2.13 bits per heavy atom. The molecule has 0 amide bonds. The van der Waals surface area contributed by atoms with Crippen LogP contribution >= 0.6 is 11.6 Å². The molecule has 0 aliphatic heterocycles. The van der Waals surface area contributed by atoms with Crippen LogP contribution in [0.3, 0.4) is 0 Å². The van der Waals surface area contributed by atoms with E-state index < -0.39 is 5.60 Å². The van der Waals surface area contributed by atoms with Crippen molar-refractivity contribution in [2.75, 3.05) is 0 Å². The lowest BCUT2D eigenvalue weighted by atomic mass is 9.98. The Kier molecular flexibility index (Phi) is 2.49. The minimum atomic E-state index is -0.737. The molecule has 0 spiro atoms. The van der Waals surface area contributed by atoms with Crippen molar-refractivity contribution < 1.29 is 9.52 Å². The van der Waals surface area contributed by atoms with Crippen molar-refractivity contribution in [3.63, 3.8) is 0 Å². The molecule has 0 aliphatic rings. The van der Waals surface area contributed by atoms with Crippen molar-refractivity contribution in [2.24, 2.45) is 0 Å². The maximum Gasteiger partial charge on any atom is 0.134 e. The van der Waals surface area contributed by atoms with Crippen molar-refractivity contribution in [1.29, 1.82) is 0 Å². The third-order valence-corrected chi connectivity index (χ3v) is 2.47. The van der Waals surface area contributed by atoms with Crippen LogP contribution in [0.4, 0.5) is 0 Å². The Hall–Kier alpha value is -0.990. The van der Waals surface area contributed by atoms with Crippen LogP contribution in [0.1, 0.15) is 19.4 Å². The minimum absolute atomic E-state index is 0.556. The largest absolute Gasteiger partial charge is 0.464 e. The van der Waals surface area contributed by atoms with Gasteiger partial charge in [-0.15, -0.1) is 0 Å². The second-order valence-corrected chi connectivity index (χ2v) is 4.83. The van der Waals surface area contributed by atoms with Crippen LogP contribution in [0.2, 0.25) is 5.02 Å². The maximum absolute atomic E-state index is 9.74. The second-order valence-electron chi connectivity index (χ2n) is 4.39. The lowest BCUT2D eigenvalue weighted by Crippen LogP contribution is -2.21. The van der Waals surface area contributed by atoms with E-state index >= 15 is 0 Å². The van der Waals surface area contributed by atoms with Crippen molar-refractivity contribution in [3.8, 4) is 0 Å². The standard InChI is InChI=1S/C12H13ClO2/c1-12(2,14)6-8-7-15-11-4-3-9(13)5-10(8)11/h3-5,7,14H,6H2,1-2H3. The summed E-state index contributed by atoms with van der Waals surface area (Å²) in [6.07, 6.45) is 2.24. The molecule has 2 rings (SSSR count). The van der Waals surface area contributed by atoms with E-state index in [2.05, 4.69) is 0 Å². The van der Waals surface area contributed by atoms with E-state index in [0.717, 1.165) is 16.5 Å². The van der Waals surface area contributed by atoms with Gasteiger partial charge in [0.05, 0.1) is 11.9 Å². The first kappa shape index (κ1) is 10.5. The van der Waals surface area contributed by atoms with Gasteiger partial charge in [0, 0.05) is 22.4 Å². The number of fused-ring (bicyclic) bond motifs is 1. The van der Waals surface area contributed by atoms with Crippen molar-refractivity contribution in [2.45, 2.75) is 25.9 Å². The van der Waals surface area contributed by atoms with Crippen molar-refractivity contribution >= 4 is 22.6 Å². The van der Waals surface area contributed by atoms with Crippen molar-refractivity contribution in [3.05, 3.63) is 35.0 Å². The average Bonchev–Trinajstić information content (AvgIpc) is 2.46. The van der Waals surface area contributed by atoms with E-state index in [1.165, 1.54) is 0 Å². The summed E-state index contributed by atoms with van der Waals surface area (Å²) >= 11 is 5.91. The monoisotopic (exact) mass is 224 g/mol. The summed E-state index contributed by atoms with van der Waals surface area (Å²) in [5.41, 5.74) is 1.05. The summed E-state index contributed by atoms with van der Waals surface area (Å²) in [4.78, 5) is 0. The Morgan fingerprint density at radius 3 is 2.80 bits per heavy atom. The molecule has 1 N–H and O–H groups in total. The van der Waals surface area contributed by atoms with Gasteiger partial charge in [-0.2, -0.15) is 0 Å². The number of benzene rings is 1. The molecule has 0 unspecified atom stereocenters. The highest BCUT2D eigenvalue weighted by atomic mass is 35.5. The van der Waals surface area contributed by atoms with Crippen LogP contribution in [0, 0.1) is 0 Å². The molecule has 1 heterocycles. The molecule has 1 aromatic carbocycles. The number of furan rings is 1. The number of aliphatic hydroxyl groups is 1. The zero-order chi connectivity index (χ0) is 11.1. The topological polar surface area (TPSA) is 33.4 Å². The Bertz CT molecular complexity index is 480. The molecule has 2 aromatic rings. The van der Waals surface area contributed by atoms with Gasteiger partial charge < -0.3 is 9.52 Å². The quantitative estimate of drug-likeness (QED) is 0.848. The minimum Gasteiger partial charge on any atom is -0.464 e. The zero-order valence-electron chi connectivity index (χ0n) is 8.75. The molecule has 0 aliphatic carbocycles. The Labute approximate surface area is 93.5 Å². The van der Waals surface area contributed by atoms with Crippen LogP contribution in [-0.2, 0) is 6.42 Å². The van der Waals surface area contributed by atoms with Gasteiger partial charge in [-0.25, -0.2) is 0 Å². The predicted octanol–water partition coefficient (Wildman–Crippen LogP) is 3.40. The molecule has 0 bridgehead atoms. The summed E-state index contributed by atoms with van der Waals surface area (Å²) in [5, 5.41) is 11.4. The molecule has 1 aromatic heterocycles. The maximum atomic E-state index is 9.74. The van der Waals surface area contributed by atoms with E-state index in [-0.39, 0.29) is 0 Å². The molecule has 0 atom stereocenters. The number of halogens is 1. The van der Waals surface area contributed by atoms with Crippen LogP contribution in [-0.4, -0.2) is 10.7 Å². The van der Waals surface area contributed by atoms with Gasteiger partial charge in [0.15, 0.2) is 0 Å². The fraction of sp³-hybridized carbons (Fsp3) is 0.333. The third kappa shape index (κ3) is 2.33. The predicted molar refractivity (Wildman–Crippen MR) is 61.2 cm³/mol. The Morgan fingerprint density at radius 1 is 1.40 bits per heavy atom. The third-order valence-electron chi connectivity index (χ3n) is 2.24. The van der Waals surface area contributed by atoms with Gasteiger partial charge in [0.2, 0.25) is 0 Å². The highest BCUT2D eigenvalue weighted by Crippen LogP contribution is 2.27. The number of hydrogen-bond acceptors (Lipinski definition) is 2. The summed E-state index contributed by atoms with van der Waals surface area (Å²) in [6, 6.07) is 5.49. The molecule has 3 heteroatoms. The smallest absolute Gasteiger partial charge is 0.134 e. The zero-order valence-corrected chi connectivity index (χ0v) is 9.51. The highest BCUT2D eigenvalue weighted by Gasteiger charge is 2.17. The molecular formula is C12H13ClO2. The number of rotatable bonds is 2. The van der Waals surface area contributed by atoms with E-state index in [9.17, 15) is 5.11 Å². The Balaban J connectivity index is 2.48. The SMILES string of the molecule is CC(C)(O)Cc1coc2ccc(Cl)cc12. The summed E-state index contributed by atoms with van der Waals surface area (Å²) in [6.45, 7) is 3.55. The van der Waals surface area contributed by atoms with E-state index in [4.69, 9.17) is 16.0 Å². The van der Waals surface area contributed by atoms with Gasteiger partial charge in [-0.3, -0.25) is 0 Å². The summed E-state index contributed by atoms with van der Waals surface area (Å²) in [5.74, 6) is 0. The fourth-order valence-corrected chi connectivity index (χ4v) is 1.83. The molecule has 0 saturated carbocycles. The van der Waals surface area contributed by atoms with Crippen LogP contribution in [0.15, 0.2) is 28.9 Å². The van der Waals surface area contributed by atoms with Gasteiger partial charge in [0.1, 0.15) is 5.58 Å². The van der Waals surface area contributed by atoms with Crippen LogP contribution < -0.4 is 0 Å². The fourth-order valence-electron chi connectivity index (χ4n) is 1.66. The van der Waals surface area contributed by atoms with Gasteiger partial charge in [-0.05, 0) is 32.0 Å². The molecule has 0 saturated heterocycles. The molecule has 0 radical (unpaired) electrons. The van der Waals surface area contributed by atoms with E-state index in [1.54, 1.807) is 26.2 Å². The van der Waals surface area contributed by atoms with E-state index in [1.807, 2.05) is 12.1 Å². The van der Waals surface area contributed by atoms with E-state index in [0.29, 0.717) is 11.4 Å². The van der Waals surface area contributed by atoms with Crippen molar-refractivity contribution in [1.82, 2.24) is 0 Å². The molecule has 2 nitrogen and oxygen atoms in total. The summed E-state index contributed by atoms with van der Waals surface area (Å²) < 4.78 is 5.38. The van der Waals surface area contributed by atoms with Crippen LogP contribution in [0.5, 0.6) is 0 Å². The van der Waals surface area contributed by atoms with Crippen LogP contribution in [0.25, 0.3) is 11.0 Å². The first-order valence-corrected chi connectivity index (χ1v) is 5.21. The summed E-state index contributed by atoms with van der Waals surface area (Å²) in [7, 11) is 0.